The highest BCUT2D eigenvalue weighted by Gasteiger charge is 2.30. The molecule has 3 aliphatic rings. The number of fused-ring (bicyclic) bond motifs is 9. The predicted octanol–water partition coefficient (Wildman–Crippen LogP) is 4.73. The molecule has 0 spiro atoms. The molecule has 6 aromatic rings. The highest BCUT2D eigenvalue weighted by molar-refractivity contribution is 5.90. The lowest BCUT2D eigenvalue weighted by Crippen LogP contribution is -2.35. The molecule has 9 rings (SSSR count). The number of aromatic nitrogens is 7. The van der Waals surface area contributed by atoms with Crippen molar-refractivity contribution in [3.05, 3.63) is 54.9 Å². The van der Waals surface area contributed by atoms with Crippen molar-refractivity contribution in [2.24, 2.45) is 0 Å². The zero-order valence-corrected chi connectivity index (χ0v) is 33.6. The van der Waals surface area contributed by atoms with Gasteiger partial charge in [0.15, 0.2) is 22.9 Å². The fourth-order valence-corrected chi connectivity index (χ4v) is 8.50. The molecule has 57 heavy (non-hydrogen) atoms. The van der Waals surface area contributed by atoms with E-state index in [1.54, 1.807) is 12.4 Å². The number of nitrogens with zero attached hydrogens (tertiary/aromatic N) is 10. The van der Waals surface area contributed by atoms with Crippen molar-refractivity contribution < 1.29 is 23.7 Å². The van der Waals surface area contributed by atoms with Crippen molar-refractivity contribution in [1.82, 2.24) is 48.3 Å². The summed E-state index contributed by atoms with van der Waals surface area (Å²) in [7, 11) is 8.47. The van der Waals surface area contributed by atoms with Crippen molar-refractivity contribution in [3.8, 4) is 29.0 Å². The number of pyridine rings is 2. The summed E-state index contributed by atoms with van der Waals surface area (Å²) in [6.45, 7) is 8.21. The summed E-state index contributed by atoms with van der Waals surface area (Å²) in [5, 5.41) is 1.96. The van der Waals surface area contributed by atoms with Gasteiger partial charge >= 0.3 is 0 Å². The van der Waals surface area contributed by atoms with Gasteiger partial charge in [-0.25, -0.2) is 15.0 Å². The molecule has 15 heteroatoms. The Hall–Kier alpha value is -5.12. The van der Waals surface area contributed by atoms with E-state index in [-0.39, 0.29) is 12.2 Å². The lowest BCUT2D eigenvalue weighted by molar-refractivity contribution is 0.138. The lowest BCUT2D eigenvalue weighted by Gasteiger charge is -2.24. The molecule has 0 N–H and O–H groups in total. The first kappa shape index (κ1) is 37.5. The minimum atomic E-state index is -0.0386. The SMILES string of the molecule is CN(C)CCn1c2c(c3cccnc31)OC(CN(C)CCn1c3c(c4cnccc41)OC(CN(C)CCn1c4c(c5nccnc51)OCCCC4)CCO3)CCO2. The van der Waals surface area contributed by atoms with Gasteiger partial charge in [0, 0.05) is 96.2 Å². The van der Waals surface area contributed by atoms with E-state index in [0.29, 0.717) is 13.2 Å². The zero-order chi connectivity index (χ0) is 38.9. The molecule has 0 fully saturated rings. The fourth-order valence-electron chi connectivity index (χ4n) is 8.50. The first-order chi connectivity index (χ1) is 27.9. The van der Waals surface area contributed by atoms with Gasteiger partial charge in [-0.1, -0.05) is 0 Å². The van der Waals surface area contributed by atoms with Gasteiger partial charge in [0.2, 0.25) is 11.8 Å². The van der Waals surface area contributed by atoms with Crippen LogP contribution in [0.1, 0.15) is 31.4 Å². The Morgan fingerprint density at radius 2 is 1.33 bits per heavy atom. The van der Waals surface area contributed by atoms with Crippen LogP contribution in [-0.2, 0) is 26.1 Å². The Morgan fingerprint density at radius 1 is 0.649 bits per heavy atom. The normalized spacial score (nSPS) is 18.3. The van der Waals surface area contributed by atoms with Crippen LogP contribution in [0.5, 0.6) is 29.0 Å². The molecule has 0 aromatic carbocycles. The smallest absolute Gasteiger partial charge is 0.239 e. The maximum absolute atomic E-state index is 6.84. The molecule has 2 atom stereocenters. The van der Waals surface area contributed by atoms with Gasteiger partial charge in [-0.3, -0.25) is 9.55 Å². The number of hydrogen-bond acceptors (Lipinski definition) is 12. The maximum Gasteiger partial charge on any atom is 0.239 e. The van der Waals surface area contributed by atoms with E-state index in [0.717, 1.165) is 153 Å². The van der Waals surface area contributed by atoms with Crippen LogP contribution in [0, 0.1) is 0 Å². The second-order valence-corrected chi connectivity index (χ2v) is 15.9. The third-order valence-corrected chi connectivity index (χ3v) is 11.4. The van der Waals surface area contributed by atoms with Gasteiger partial charge in [-0.05, 0) is 65.7 Å². The molecule has 9 heterocycles. The molecule has 15 nitrogen and oxygen atoms in total. The van der Waals surface area contributed by atoms with Crippen LogP contribution in [0.15, 0.2) is 49.2 Å². The summed E-state index contributed by atoms with van der Waals surface area (Å²) in [6, 6.07) is 6.10. The molecular formula is C42H54N10O5. The van der Waals surface area contributed by atoms with Crippen molar-refractivity contribution in [2.45, 2.75) is 63.9 Å². The molecule has 0 aliphatic carbocycles. The molecule has 6 aromatic heterocycles. The minimum Gasteiger partial charge on any atom is -0.489 e. The third kappa shape index (κ3) is 7.55. The van der Waals surface area contributed by atoms with Gasteiger partial charge < -0.3 is 47.5 Å². The van der Waals surface area contributed by atoms with Crippen LogP contribution in [0.4, 0.5) is 0 Å². The monoisotopic (exact) mass is 778 g/mol. The highest BCUT2D eigenvalue weighted by atomic mass is 16.5. The molecule has 0 saturated carbocycles. The molecule has 0 saturated heterocycles. The third-order valence-electron chi connectivity index (χ3n) is 11.4. The van der Waals surface area contributed by atoms with Gasteiger partial charge in [-0.2, -0.15) is 0 Å². The van der Waals surface area contributed by atoms with E-state index < -0.39 is 0 Å². The Kier molecular flexibility index (Phi) is 10.8. The van der Waals surface area contributed by atoms with Crippen molar-refractivity contribution >= 4 is 33.1 Å². The summed E-state index contributed by atoms with van der Waals surface area (Å²) in [5.74, 6) is 4.04. The molecule has 2 unspecified atom stereocenters. The van der Waals surface area contributed by atoms with Crippen LogP contribution in [0.2, 0.25) is 0 Å². The number of hydrogen-bond donors (Lipinski definition) is 0. The quantitative estimate of drug-likeness (QED) is 0.161. The van der Waals surface area contributed by atoms with Crippen molar-refractivity contribution in [1.29, 1.82) is 0 Å². The zero-order valence-electron chi connectivity index (χ0n) is 33.6. The highest BCUT2D eigenvalue weighted by Crippen LogP contribution is 2.43. The Labute approximate surface area is 333 Å². The van der Waals surface area contributed by atoms with Crippen LogP contribution >= 0.6 is 0 Å². The average Bonchev–Trinajstić information content (AvgIpc) is 3.48. The Bertz CT molecular complexity index is 2330. The minimum absolute atomic E-state index is 0.0307. The number of likely N-dealkylation sites (N-methyl/N-ethyl adjacent to an activating group) is 3. The van der Waals surface area contributed by atoms with Gasteiger partial charge in [0.25, 0.3) is 0 Å². The lowest BCUT2D eigenvalue weighted by atomic mass is 10.2. The van der Waals surface area contributed by atoms with Gasteiger partial charge in [0.1, 0.15) is 23.4 Å². The van der Waals surface area contributed by atoms with E-state index in [1.165, 1.54) is 5.69 Å². The first-order valence-corrected chi connectivity index (χ1v) is 20.4. The first-order valence-electron chi connectivity index (χ1n) is 20.4. The van der Waals surface area contributed by atoms with Gasteiger partial charge in [-0.15, -0.1) is 0 Å². The summed E-state index contributed by atoms with van der Waals surface area (Å²) in [5.41, 5.74) is 4.93. The van der Waals surface area contributed by atoms with Crippen LogP contribution in [-0.4, -0.2) is 141 Å². The van der Waals surface area contributed by atoms with E-state index in [9.17, 15) is 0 Å². The van der Waals surface area contributed by atoms with Crippen LogP contribution < -0.4 is 23.7 Å². The predicted molar refractivity (Wildman–Crippen MR) is 218 cm³/mol. The van der Waals surface area contributed by atoms with Gasteiger partial charge in [0.05, 0.1) is 41.8 Å². The molecule has 0 amide bonds. The maximum atomic E-state index is 6.84. The van der Waals surface area contributed by atoms with E-state index in [4.69, 9.17) is 33.7 Å². The largest absolute Gasteiger partial charge is 0.489 e. The molecule has 3 aliphatic heterocycles. The summed E-state index contributed by atoms with van der Waals surface area (Å²) >= 11 is 0. The Balaban J connectivity index is 0.860. The molecule has 302 valence electrons. The Morgan fingerprint density at radius 3 is 2.11 bits per heavy atom. The van der Waals surface area contributed by atoms with Crippen molar-refractivity contribution in [3.63, 3.8) is 0 Å². The topological polar surface area (TPSA) is 122 Å². The summed E-state index contributed by atoms with van der Waals surface area (Å²) in [4.78, 5) is 25.4. The molecular weight excluding hydrogens is 725 g/mol. The number of rotatable bonds is 13. The number of ether oxygens (including phenoxy) is 5. The van der Waals surface area contributed by atoms with E-state index in [2.05, 4.69) is 78.7 Å². The molecule has 0 radical (unpaired) electrons. The standard InChI is InChI=1S/C42H54N10O5/c1-47(2)17-20-52-39-31(8-7-13-45-39)36-42(52)55-25-12-29(56-36)27-49(4)19-22-51-33-10-14-43-26-32(33)37-41(51)54-24-11-30(57-37)28-48(3)18-21-50-34-9-5-6-23-53-38(34)35-40(50)46-16-15-44-35/h7-8,10,13-16,26,29-30H,5-6,9,11-12,17-25,27-28H2,1-4H3. The summed E-state index contributed by atoms with van der Waals surface area (Å²) in [6.07, 6.45) is 13.7. The average molecular weight is 779 g/mol. The van der Waals surface area contributed by atoms with Crippen molar-refractivity contribution in [2.75, 3.05) is 80.7 Å². The van der Waals surface area contributed by atoms with Crippen LogP contribution in [0.25, 0.3) is 33.1 Å². The van der Waals surface area contributed by atoms with Crippen LogP contribution in [0.3, 0.4) is 0 Å². The fraction of sp³-hybridized carbons (Fsp3) is 0.524. The summed E-state index contributed by atoms with van der Waals surface area (Å²) < 4.78 is 39.4. The van der Waals surface area contributed by atoms with E-state index in [1.807, 2.05) is 24.7 Å². The van der Waals surface area contributed by atoms with E-state index >= 15 is 0 Å². The molecule has 0 bridgehead atoms. The second-order valence-electron chi connectivity index (χ2n) is 15.9. The second kappa shape index (κ2) is 16.4.